The molecule has 0 unspecified atom stereocenters. The van der Waals surface area contributed by atoms with E-state index in [-0.39, 0.29) is 16.8 Å². The summed E-state index contributed by atoms with van der Waals surface area (Å²) in [6.45, 7) is 1.98. The Labute approximate surface area is 203 Å². The van der Waals surface area contributed by atoms with Crippen LogP contribution in [-0.4, -0.2) is 16.2 Å². The Morgan fingerprint density at radius 1 is 0.971 bits per heavy atom. The first-order valence-corrected chi connectivity index (χ1v) is 11.6. The Hall–Kier alpha value is -3.70. The predicted octanol–water partition coefficient (Wildman–Crippen LogP) is 6.92. The molecular formula is C28H23ClN2O3. The smallest absolute Gasteiger partial charge is 0.344 e. The van der Waals surface area contributed by atoms with Crippen molar-refractivity contribution in [3.05, 3.63) is 112 Å². The second-order valence-electron chi connectivity index (χ2n) is 8.42. The predicted molar refractivity (Wildman–Crippen MR) is 131 cm³/mol. The van der Waals surface area contributed by atoms with E-state index in [1.807, 2.05) is 67.6 Å². The van der Waals surface area contributed by atoms with E-state index in [9.17, 15) is 4.79 Å². The molecule has 0 atom stereocenters. The van der Waals surface area contributed by atoms with Gasteiger partial charge in [-0.3, -0.25) is 0 Å². The number of para-hydroxylation sites is 1. The highest BCUT2D eigenvalue weighted by Gasteiger charge is 2.28. The molecule has 34 heavy (non-hydrogen) atoms. The van der Waals surface area contributed by atoms with Crippen LogP contribution in [0.4, 0.5) is 0 Å². The molecule has 0 radical (unpaired) electrons. The lowest BCUT2D eigenvalue weighted by Gasteiger charge is -2.15. The average Bonchev–Trinajstić information content (AvgIpc) is 3.68. The molecule has 1 heterocycles. The zero-order valence-corrected chi connectivity index (χ0v) is 19.5. The summed E-state index contributed by atoms with van der Waals surface area (Å²) >= 11 is 6.09. The SMILES string of the molecule is Cc1cccc(C2CC2)c1Oc1nnc(Cl)cc1OC(=O)c1ccccc1Cc1ccccc1. The van der Waals surface area contributed by atoms with Crippen molar-refractivity contribution in [1.29, 1.82) is 0 Å². The Bertz CT molecular complexity index is 1340. The van der Waals surface area contributed by atoms with Gasteiger partial charge in [0.05, 0.1) is 5.56 Å². The summed E-state index contributed by atoms with van der Waals surface area (Å²) in [5.74, 6) is 0.932. The standard InChI is InChI=1S/C28H23ClN2O3/c1-18-8-7-13-22(20-14-15-20)26(18)34-27-24(17-25(29)30-31-27)33-28(32)23-12-6-5-11-21(23)16-19-9-3-2-4-10-19/h2-13,17,20H,14-16H2,1H3. The number of benzene rings is 3. The van der Waals surface area contributed by atoms with Crippen LogP contribution in [0.1, 0.15) is 51.4 Å². The largest absolute Gasteiger partial charge is 0.434 e. The van der Waals surface area contributed by atoms with Crippen molar-refractivity contribution in [2.24, 2.45) is 0 Å². The van der Waals surface area contributed by atoms with Crippen molar-refractivity contribution >= 4 is 17.6 Å². The number of halogens is 1. The van der Waals surface area contributed by atoms with Gasteiger partial charge in [-0.05, 0) is 60.4 Å². The highest BCUT2D eigenvalue weighted by molar-refractivity contribution is 6.29. The van der Waals surface area contributed by atoms with Crippen molar-refractivity contribution in [3.8, 4) is 17.4 Å². The van der Waals surface area contributed by atoms with E-state index in [4.69, 9.17) is 21.1 Å². The fourth-order valence-electron chi connectivity index (χ4n) is 3.96. The maximum atomic E-state index is 13.2. The number of nitrogens with zero attached hydrogens (tertiary/aromatic N) is 2. The van der Waals surface area contributed by atoms with Gasteiger partial charge in [0.1, 0.15) is 5.75 Å². The lowest BCUT2D eigenvalue weighted by Crippen LogP contribution is -2.13. The molecule has 3 aromatic carbocycles. The summed E-state index contributed by atoms with van der Waals surface area (Å²) in [7, 11) is 0. The zero-order valence-electron chi connectivity index (χ0n) is 18.7. The summed E-state index contributed by atoms with van der Waals surface area (Å²) in [5.41, 5.74) is 4.55. The number of esters is 1. The molecule has 0 bridgehead atoms. The van der Waals surface area contributed by atoms with Gasteiger partial charge in [-0.15, -0.1) is 10.2 Å². The van der Waals surface area contributed by atoms with E-state index >= 15 is 0 Å². The van der Waals surface area contributed by atoms with Gasteiger partial charge < -0.3 is 9.47 Å². The molecule has 4 aromatic rings. The highest BCUT2D eigenvalue weighted by Crippen LogP contribution is 2.47. The third-order valence-electron chi connectivity index (χ3n) is 5.83. The van der Waals surface area contributed by atoms with Crippen LogP contribution in [0.25, 0.3) is 0 Å². The highest BCUT2D eigenvalue weighted by atomic mass is 35.5. The number of hydrogen-bond acceptors (Lipinski definition) is 5. The molecular weight excluding hydrogens is 448 g/mol. The van der Waals surface area contributed by atoms with E-state index < -0.39 is 5.97 Å². The molecule has 5 nitrogen and oxygen atoms in total. The van der Waals surface area contributed by atoms with Crippen molar-refractivity contribution in [2.45, 2.75) is 32.1 Å². The van der Waals surface area contributed by atoms with Gasteiger partial charge in [0.25, 0.3) is 5.88 Å². The fraction of sp³-hybridized carbons (Fsp3) is 0.179. The Morgan fingerprint density at radius 2 is 1.74 bits per heavy atom. The minimum Gasteiger partial charge on any atom is -0.434 e. The van der Waals surface area contributed by atoms with E-state index in [0.29, 0.717) is 17.9 Å². The van der Waals surface area contributed by atoms with Gasteiger partial charge in [0.2, 0.25) is 0 Å². The first kappa shape index (κ1) is 22.1. The van der Waals surface area contributed by atoms with Gasteiger partial charge in [-0.1, -0.05) is 78.3 Å². The summed E-state index contributed by atoms with van der Waals surface area (Å²) in [4.78, 5) is 13.2. The van der Waals surface area contributed by atoms with Crippen molar-refractivity contribution in [2.75, 3.05) is 0 Å². The molecule has 1 aromatic heterocycles. The quantitative estimate of drug-likeness (QED) is 0.274. The van der Waals surface area contributed by atoms with Gasteiger partial charge in [-0.25, -0.2) is 4.79 Å². The fourth-order valence-corrected chi connectivity index (χ4v) is 4.09. The van der Waals surface area contributed by atoms with Crippen molar-refractivity contribution in [3.63, 3.8) is 0 Å². The first-order chi connectivity index (χ1) is 16.6. The Kier molecular flexibility index (Phi) is 6.28. The molecule has 0 amide bonds. The summed E-state index contributed by atoms with van der Waals surface area (Å²) in [6, 6.07) is 24.9. The lowest BCUT2D eigenvalue weighted by atomic mass is 10.00. The Morgan fingerprint density at radius 3 is 2.53 bits per heavy atom. The topological polar surface area (TPSA) is 61.3 Å². The monoisotopic (exact) mass is 470 g/mol. The normalized spacial score (nSPS) is 12.9. The molecule has 1 aliphatic rings. The second-order valence-corrected chi connectivity index (χ2v) is 8.80. The van der Waals surface area contributed by atoms with Gasteiger partial charge in [0, 0.05) is 6.07 Å². The molecule has 170 valence electrons. The second kappa shape index (κ2) is 9.65. The van der Waals surface area contributed by atoms with Crippen LogP contribution in [-0.2, 0) is 6.42 Å². The van der Waals surface area contributed by atoms with E-state index in [1.54, 1.807) is 6.07 Å². The summed E-state index contributed by atoms with van der Waals surface area (Å²) in [6.07, 6.45) is 2.87. The lowest BCUT2D eigenvalue weighted by molar-refractivity contribution is 0.0728. The van der Waals surface area contributed by atoms with Gasteiger partial charge in [0.15, 0.2) is 10.9 Å². The molecule has 1 saturated carbocycles. The summed E-state index contributed by atoms with van der Waals surface area (Å²) < 4.78 is 11.9. The van der Waals surface area contributed by atoms with Crippen LogP contribution in [0, 0.1) is 6.92 Å². The third kappa shape index (κ3) is 4.95. The number of carbonyl (C=O) groups excluding carboxylic acids is 1. The van der Waals surface area contributed by atoms with E-state index in [2.05, 4.69) is 16.3 Å². The number of rotatable bonds is 7. The molecule has 5 rings (SSSR count). The number of ether oxygens (including phenoxy) is 2. The van der Waals surface area contributed by atoms with Gasteiger partial charge >= 0.3 is 5.97 Å². The summed E-state index contributed by atoms with van der Waals surface area (Å²) in [5, 5.41) is 8.11. The molecule has 1 fully saturated rings. The molecule has 0 saturated heterocycles. The number of aryl methyl sites for hydroxylation is 1. The maximum absolute atomic E-state index is 13.2. The third-order valence-corrected chi connectivity index (χ3v) is 6.02. The number of hydrogen-bond donors (Lipinski definition) is 0. The Balaban J connectivity index is 1.43. The van der Waals surface area contributed by atoms with Gasteiger partial charge in [-0.2, -0.15) is 0 Å². The van der Waals surface area contributed by atoms with Crippen molar-refractivity contribution in [1.82, 2.24) is 10.2 Å². The van der Waals surface area contributed by atoms with Crippen LogP contribution in [0.2, 0.25) is 5.15 Å². The molecule has 6 heteroatoms. The van der Waals surface area contributed by atoms with Crippen molar-refractivity contribution < 1.29 is 14.3 Å². The first-order valence-electron chi connectivity index (χ1n) is 11.2. The van der Waals surface area contributed by atoms with E-state index in [1.165, 1.54) is 6.07 Å². The maximum Gasteiger partial charge on any atom is 0.344 e. The van der Waals surface area contributed by atoms with E-state index in [0.717, 1.165) is 40.8 Å². The minimum absolute atomic E-state index is 0.106. The van der Waals surface area contributed by atoms with Crippen LogP contribution in [0.3, 0.4) is 0 Å². The number of aromatic nitrogens is 2. The van der Waals surface area contributed by atoms with Crippen LogP contribution >= 0.6 is 11.6 Å². The molecule has 1 aliphatic carbocycles. The van der Waals surface area contributed by atoms with Crippen LogP contribution < -0.4 is 9.47 Å². The molecule has 0 aliphatic heterocycles. The average molecular weight is 471 g/mol. The molecule has 0 spiro atoms. The van der Waals surface area contributed by atoms with Crippen LogP contribution in [0.5, 0.6) is 17.4 Å². The number of carbonyl (C=O) groups is 1. The minimum atomic E-state index is -0.507. The zero-order chi connectivity index (χ0) is 23.5. The van der Waals surface area contributed by atoms with Crippen LogP contribution in [0.15, 0.2) is 78.9 Å². The molecule has 0 N–H and O–H groups in total.